The van der Waals surface area contributed by atoms with Crippen molar-refractivity contribution < 1.29 is 28.5 Å². The zero-order valence-electron chi connectivity index (χ0n) is 66.6. The topological polar surface area (TPSA) is 74.3 Å². The molecule has 4 aromatic carbocycles. The first-order valence-corrected chi connectivity index (χ1v) is 47.9. The first-order valence-electron chi connectivity index (χ1n) is 43.7. The van der Waals surface area contributed by atoms with Crippen LogP contribution in [0, 0.1) is 0 Å². The monoisotopic (exact) mass is 1530 g/mol. The Morgan fingerprint density at radius 2 is 0.519 bits per heavy atom. The molecule has 582 valence electrons. The molecule has 0 radical (unpaired) electrons. The molecule has 1 aliphatic heterocycles. The fraction of sp³-hybridized carbons (Fsp3) is 0.638. The number of hydrogen-bond acceptors (Lipinski definition) is 11. The minimum Gasteiger partial charge on any atom is -0.493 e. The molecule has 2 amide bonds. The minimum absolute atomic E-state index is 0.158. The summed E-state index contributed by atoms with van der Waals surface area (Å²) in [5.41, 5.74) is 1.12. The van der Waals surface area contributed by atoms with Crippen molar-refractivity contribution in [3.63, 3.8) is 0 Å². The van der Waals surface area contributed by atoms with Gasteiger partial charge in [0.25, 0.3) is 11.8 Å². The molecular formula is C94H135NO6S5. The van der Waals surface area contributed by atoms with Gasteiger partial charge >= 0.3 is 0 Å². The normalized spacial score (nSPS) is 12.6. The molecule has 6 heterocycles. The number of rotatable bonds is 61. The Labute approximate surface area is 660 Å². The summed E-state index contributed by atoms with van der Waals surface area (Å²) in [6.45, 7) is 14.5. The van der Waals surface area contributed by atoms with Crippen molar-refractivity contribution in [1.82, 2.24) is 4.90 Å². The van der Waals surface area contributed by atoms with Crippen molar-refractivity contribution in [3.05, 3.63) is 70.4 Å². The van der Waals surface area contributed by atoms with Gasteiger partial charge in [-0.25, -0.2) is 0 Å². The van der Waals surface area contributed by atoms with E-state index in [0.717, 1.165) is 155 Å². The van der Waals surface area contributed by atoms with Gasteiger partial charge in [0.2, 0.25) is 0 Å². The molecule has 0 aliphatic carbocycles. The van der Waals surface area contributed by atoms with Crippen LogP contribution in [-0.4, -0.2) is 49.7 Å². The molecule has 1 aliphatic rings. The summed E-state index contributed by atoms with van der Waals surface area (Å²) in [6.07, 6.45) is 62.8. The lowest BCUT2D eigenvalue weighted by Crippen LogP contribution is -2.31. The van der Waals surface area contributed by atoms with Crippen molar-refractivity contribution in [3.8, 4) is 42.5 Å². The maximum atomic E-state index is 15.6. The molecular weight excluding hydrogens is 1400 g/mol. The number of unbranched alkanes of at least 4 members (excludes halogenated alkanes) is 45. The zero-order chi connectivity index (χ0) is 73.8. The molecule has 0 spiro atoms. The van der Waals surface area contributed by atoms with E-state index in [1.807, 2.05) is 0 Å². The lowest BCUT2D eigenvalue weighted by atomic mass is 10.0. The molecule has 7 nitrogen and oxygen atoms in total. The zero-order valence-corrected chi connectivity index (χ0v) is 70.7. The Morgan fingerprint density at radius 1 is 0.274 bits per heavy atom. The lowest BCUT2D eigenvalue weighted by molar-refractivity contribution is 0.0651. The molecule has 0 fully saturated rings. The summed E-state index contributed by atoms with van der Waals surface area (Å²) < 4.78 is 33.0. The van der Waals surface area contributed by atoms with E-state index in [2.05, 4.69) is 93.9 Å². The highest BCUT2D eigenvalue weighted by atomic mass is 32.1. The summed E-state index contributed by atoms with van der Waals surface area (Å²) in [6, 6.07) is 18.2. The first kappa shape index (κ1) is 83.7. The second-order valence-corrected chi connectivity index (χ2v) is 36.3. The molecule has 9 aromatic rings. The largest absolute Gasteiger partial charge is 0.493 e. The van der Waals surface area contributed by atoms with Crippen molar-refractivity contribution in [2.24, 2.45) is 0 Å². The number of hydrogen-bond donors (Lipinski definition) is 0. The molecule has 0 saturated heterocycles. The van der Waals surface area contributed by atoms with E-state index in [9.17, 15) is 0 Å². The van der Waals surface area contributed by atoms with Crippen LogP contribution in [-0.2, 0) is 0 Å². The van der Waals surface area contributed by atoms with E-state index in [-0.39, 0.29) is 11.8 Å². The second-order valence-electron chi connectivity index (χ2n) is 31.3. The van der Waals surface area contributed by atoms with Crippen LogP contribution in [0.5, 0.6) is 23.0 Å². The Kier molecular flexibility index (Phi) is 37.5. The smallest absolute Gasteiger partial charge is 0.263 e. The van der Waals surface area contributed by atoms with Crippen molar-refractivity contribution in [2.75, 3.05) is 33.0 Å². The molecule has 12 heteroatoms. The molecule has 0 N–H and O–H groups in total. The molecule has 0 bridgehead atoms. The van der Waals surface area contributed by atoms with Gasteiger partial charge in [0.15, 0.2) is 0 Å². The third-order valence-electron chi connectivity index (χ3n) is 22.5. The number of imide groups is 1. The van der Waals surface area contributed by atoms with Gasteiger partial charge in [-0.1, -0.05) is 324 Å². The molecule has 10 rings (SSSR count). The summed E-state index contributed by atoms with van der Waals surface area (Å²) >= 11 is 8.71. The Hall–Kier alpha value is -4.72. The molecule has 5 aromatic heterocycles. The molecule has 106 heavy (non-hydrogen) atoms. The van der Waals surface area contributed by atoms with Crippen molar-refractivity contribution >= 4 is 130 Å². The van der Waals surface area contributed by atoms with Gasteiger partial charge in [-0.2, -0.15) is 0 Å². The highest BCUT2D eigenvalue weighted by Crippen LogP contribution is 2.56. The summed E-state index contributed by atoms with van der Waals surface area (Å²) in [7, 11) is 0. The minimum atomic E-state index is -0.158. The first-order chi connectivity index (χ1) is 52.4. The van der Waals surface area contributed by atoms with Crippen LogP contribution in [0.3, 0.4) is 0 Å². The van der Waals surface area contributed by atoms with Gasteiger partial charge in [0.05, 0.1) is 47.3 Å². The average molecular weight is 1540 g/mol. The number of carbonyl (C=O) groups excluding carboxylic acids is 2. The van der Waals surface area contributed by atoms with Gasteiger partial charge in [-0.15, -0.1) is 56.7 Å². The second kappa shape index (κ2) is 47.5. The number of fused-ring (bicyclic) bond motifs is 11. The van der Waals surface area contributed by atoms with E-state index in [1.54, 1.807) is 61.6 Å². The number of thiophene rings is 5. The van der Waals surface area contributed by atoms with Gasteiger partial charge in [0, 0.05) is 56.6 Å². The summed E-state index contributed by atoms with van der Waals surface area (Å²) in [5, 5.41) is 13.4. The summed E-state index contributed by atoms with van der Waals surface area (Å²) in [5.74, 6) is 3.30. The number of nitrogens with zero attached hydrogens (tertiary/aromatic N) is 1. The van der Waals surface area contributed by atoms with Gasteiger partial charge < -0.3 is 18.9 Å². The van der Waals surface area contributed by atoms with E-state index in [4.69, 9.17) is 18.9 Å². The van der Waals surface area contributed by atoms with E-state index >= 15 is 9.59 Å². The fourth-order valence-electron chi connectivity index (χ4n) is 16.2. The Balaban J connectivity index is 1.01. The number of ether oxygens (including phenoxy) is 4. The summed E-state index contributed by atoms with van der Waals surface area (Å²) in [4.78, 5) is 36.6. The standard InChI is InChI=1S/C94H135NO6S5/c1-6-11-16-21-26-31-36-41-46-51-58-95-93(96)85-86(94(95)97)92(80-70-74-68-78(101-62-55-50-45-40-35-30-25-20-15-10-5)82-84(90(74)105-80)76(66-72-57-64-103-88(72)82)99-60-53-48-43-38-33-28-23-18-13-8-3)106-91(85)79-69-73-67-77(100-61-54-49-44-39-34-29-24-19-14-9-4)81-83(89(73)104-79)75(65-71-56-63-102-87(71)81)98-59-52-47-42-37-32-27-22-17-12-7-2/h56-57,63-70H,6-55,58-62H2,1-5H3. The van der Waals surface area contributed by atoms with E-state index < -0.39 is 0 Å². The SMILES string of the molecule is CCCCCCCCCCCCOc1cc2cc(-c3sc(-c4cc5cc(OCCCCCCCCCCCC)c6c7sccc7cc(OCCCCCCCCCCCC)c6c5s4)c4c3C(=O)N(CCCCCCCCCCCC)C4=O)sc2c2c(OCCCCCCCCCCCC)cc3ccsc3c12. The van der Waals surface area contributed by atoms with Crippen molar-refractivity contribution in [1.29, 1.82) is 0 Å². The maximum absolute atomic E-state index is 15.6. The van der Waals surface area contributed by atoms with Crippen LogP contribution in [0.2, 0.25) is 0 Å². The van der Waals surface area contributed by atoms with Crippen LogP contribution in [0.1, 0.15) is 376 Å². The predicted molar refractivity (Wildman–Crippen MR) is 468 cm³/mol. The quantitative estimate of drug-likeness (QED) is 0.0279. The average Bonchev–Trinajstić information content (AvgIpc) is 1.55. The third-order valence-corrected chi connectivity index (χ3v) is 28.3. The van der Waals surface area contributed by atoms with E-state index in [0.29, 0.717) is 44.1 Å². The lowest BCUT2D eigenvalue weighted by Gasteiger charge is -2.15. The number of carbonyl (C=O) groups is 2. The fourth-order valence-corrected chi connectivity index (χ4v) is 22.0. The van der Waals surface area contributed by atoms with Gasteiger partial charge in [-0.05, 0) is 113 Å². The van der Waals surface area contributed by atoms with Crippen LogP contribution >= 0.6 is 56.7 Å². The molecule has 0 atom stereocenters. The molecule has 0 saturated carbocycles. The number of benzene rings is 4. The van der Waals surface area contributed by atoms with Crippen LogP contribution in [0.15, 0.2) is 59.3 Å². The Morgan fingerprint density at radius 3 is 0.802 bits per heavy atom. The van der Waals surface area contributed by atoms with Gasteiger partial charge in [-0.3, -0.25) is 14.5 Å². The van der Waals surface area contributed by atoms with Crippen molar-refractivity contribution in [2.45, 2.75) is 356 Å². The maximum Gasteiger partial charge on any atom is 0.263 e. The van der Waals surface area contributed by atoms with Gasteiger partial charge in [0.1, 0.15) is 23.0 Å². The Bertz CT molecular complexity index is 3740. The van der Waals surface area contributed by atoms with E-state index in [1.165, 1.54) is 271 Å². The highest BCUT2D eigenvalue weighted by molar-refractivity contribution is 7.31. The highest BCUT2D eigenvalue weighted by Gasteiger charge is 2.43. The third kappa shape index (κ3) is 24.1. The molecule has 0 unspecified atom stereocenters. The van der Waals surface area contributed by atoms with Crippen LogP contribution in [0.25, 0.3) is 81.4 Å². The number of amides is 2. The predicted octanol–water partition coefficient (Wildman–Crippen LogP) is 33.0. The van der Waals surface area contributed by atoms with Crippen LogP contribution < -0.4 is 18.9 Å². The van der Waals surface area contributed by atoms with Crippen LogP contribution in [0.4, 0.5) is 0 Å².